The van der Waals surface area contributed by atoms with Gasteiger partial charge in [-0.3, -0.25) is 4.79 Å². The summed E-state index contributed by atoms with van der Waals surface area (Å²) in [6.07, 6.45) is 7.40. The first-order valence-corrected chi connectivity index (χ1v) is 9.25. The van der Waals surface area contributed by atoms with E-state index in [4.69, 9.17) is 4.42 Å². The zero-order valence-electron chi connectivity index (χ0n) is 13.5. The van der Waals surface area contributed by atoms with Crippen LogP contribution in [0.1, 0.15) is 44.4 Å². The standard InChI is InChI=1S/C17H23N3O2S/c1-20(11-13-5-3-2-4-6-13)16(21)8-7-15-18-19-17(22-15)14-9-10-23-12-14/h9-10,12-13H,2-8,11H2,1H3. The van der Waals surface area contributed by atoms with Gasteiger partial charge >= 0.3 is 0 Å². The van der Waals surface area contributed by atoms with Crippen LogP contribution in [-0.2, 0) is 11.2 Å². The van der Waals surface area contributed by atoms with Gasteiger partial charge in [0, 0.05) is 37.4 Å². The van der Waals surface area contributed by atoms with E-state index < -0.39 is 0 Å². The quantitative estimate of drug-likeness (QED) is 0.807. The first-order chi connectivity index (χ1) is 11.2. The van der Waals surface area contributed by atoms with Crippen molar-refractivity contribution in [2.75, 3.05) is 13.6 Å². The summed E-state index contributed by atoms with van der Waals surface area (Å²) in [5.41, 5.74) is 0.939. The number of thiophene rings is 1. The lowest BCUT2D eigenvalue weighted by molar-refractivity contribution is -0.130. The van der Waals surface area contributed by atoms with E-state index in [2.05, 4.69) is 10.2 Å². The number of rotatable bonds is 6. The number of carbonyl (C=O) groups excluding carboxylic acids is 1. The summed E-state index contributed by atoms with van der Waals surface area (Å²) in [6.45, 7) is 0.878. The number of nitrogens with zero attached hydrogens (tertiary/aromatic N) is 3. The smallest absolute Gasteiger partial charge is 0.248 e. The van der Waals surface area contributed by atoms with E-state index in [0.717, 1.165) is 12.1 Å². The second kappa shape index (κ2) is 7.73. The van der Waals surface area contributed by atoms with Crippen molar-refractivity contribution < 1.29 is 9.21 Å². The Labute approximate surface area is 140 Å². The van der Waals surface area contributed by atoms with Crippen molar-refractivity contribution in [2.24, 2.45) is 5.92 Å². The third-order valence-electron chi connectivity index (χ3n) is 4.47. The molecule has 0 aromatic carbocycles. The molecule has 3 rings (SSSR count). The van der Waals surface area contributed by atoms with Gasteiger partial charge in [-0.15, -0.1) is 10.2 Å². The second-order valence-corrected chi connectivity index (χ2v) is 7.07. The number of aromatic nitrogens is 2. The minimum Gasteiger partial charge on any atom is -0.421 e. The van der Waals surface area contributed by atoms with Gasteiger partial charge in [0.2, 0.25) is 17.7 Å². The van der Waals surface area contributed by atoms with Gasteiger partial charge in [-0.05, 0) is 30.2 Å². The molecular weight excluding hydrogens is 310 g/mol. The maximum atomic E-state index is 12.3. The van der Waals surface area contributed by atoms with Crippen LogP contribution in [0, 0.1) is 5.92 Å². The highest BCUT2D eigenvalue weighted by Gasteiger charge is 2.19. The average molecular weight is 333 g/mol. The fourth-order valence-corrected chi connectivity index (χ4v) is 3.75. The first-order valence-electron chi connectivity index (χ1n) is 8.31. The topological polar surface area (TPSA) is 59.2 Å². The second-order valence-electron chi connectivity index (χ2n) is 6.29. The van der Waals surface area contributed by atoms with Crippen LogP contribution in [0.4, 0.5) is 0 Å². The Morgan fingerprint density at radius 2 is 2.17 bits per heavy atom. The largest absolute Gasteiger partial charge is 0.421 e. The van der Waals surface area contributed by atoms with Crippen LogP contribution < -0.4 is 0 Å². The lowest BCUT2D eigenvalue weighted by Gasteiger charge is -2.27. The van der Waals surface area contributed by atoms with E-state index in [-0.39, 0.29) is 5.91 Å². The maximum Gasteiger partial charge on any atom is 0.248 e. The Kier molecular flexibility index (Phi) is 5.43. The van der Waals surface area contributed by atoms with Crippen LogP contribution >= 0.6 is 11.3 Å². The summed E-state index contributed by atoms with van der Waals surface area (Å²) in [6, 6.07) is 1.95. The molecule has 1 fully saturated rings. The Morgan fingerprint density at radius 3 is 2.91 bits per heavy atom. The molecule has 0 aliphatic heterocycles. The Balaban J connectivity index is 1.46. The molecule has 6 heteroatoms. The number of aryl methyl sites for hydroxylation is 1. The zero-order valence-corrected chi connectivity index (χ0v) is 14.3. The maximum absolute atomic E-state index is 12.3. The van der Waals surface area contributed by atoms with E-state index in [1.54, 1.807) is 11.3 Å². The van der Waals surface area contributed by atoms with E-state index in [1.165, 1.54) is 32.1 Å². The Hall–Kier alpha value is -1.69. The summed E-state index contributed by atoms with van der Waals surface area (Å²) >= 11 is 1.59. The van der Waals surface area contributed by atoms with Crippen molar-refractivity contribution in [3.63, 3.8) is 0 Å². The number of hydrogen-bond donors (Lipinski definition) is 0. The fourth-order valence-electron chi connectivity index (χ4n) is 3.12. The molecule has 0 radical (unpaired) electrons. The van der Waals surface area contributed by atoms with Crippen LogP contribution in [0.5, 0.6) is 0 Å². The highest BCUT2D eigenvalue weighted by molar-refractivity contribution is 7.08. The van der Waals surface area contributed by atoms with Crippen molar-refractivity contribution in [3.8, 4) is 11.5 Å². The van der Waals surface area contributed by atoms with Gasteiger partial charge in [0.25, 0.3) is 0 Å². The molecule has 1 amide bonds. The molecule has 2 aromatic heterocycles. The van der Waals surface area contributed by atoms with Crippen LogP contribution in [0.15, 0.2) is 21.2 Å². The summed E-state index contributed by atoms with van der Waals surface area (Å²) in [5, 5.41) is 12.0. The average Bonchev–Trinajstić information content (AvgIpc) is 3.24. The van der Waals surface area contributed by atoms with Gasteiger partial charge in [-0.25, -0.2) is 0 Å². The van der Waals surface area contributed by atoms with Crippen LogP contribution in [-0.4, -0.2) is 34.6 Å². The van der Waals surface area contributed by atoms with Crippen molar-refractivity contribution in [2.45, 2.75) is 44.9 Å². The van der Waals surface area contributed by atoms with Crippen LogP contribution in [0.25, 0.3) is 11.5 Å². The summed E-state index contributed by atoms with van der Waals surface area (Å²) in [7, 11) is 1.90. The van der Waals surface area contributed by atoms with Gasteiger partial charge < -0.3 is 9.32 Å². The van der Waals surface area contributed by atoms with Crippen molar-refractivity contribution >= 4 is 17.2 Å². The number of hydrogen-bond acceptors (Lipinski definition) is 5. The molecule has 0 N–H and O–H groups in total. The monoisotopic (exact) mass is 333 g/mol. The van der Waals surface area contributed by atoms with Gasteiger partial charge in [0.1, 0.15) is 0 Å². The summed E-state index contributed by atoms with van der Waals surface area (Å²) < 4.78 is 5.62. The molecule has 5 nitrogen and oxygen atoms in total. The molecule has 0 spiro atoms. The SMILES string of the molecule is CN(CC1CCCCC1)C(=O)CCc1nnc(-c2ccsc2)o1. The normalized spacial score (nSPS) is 15.7. The molecule has 2 heterocycles. The minimum absolute atomic E-state index is 0.158. The van der Waals surface area contributed by atoms with Crippen molar-refractivity contribution in [3.05, 3.63) is 22.7 Å². The molecule has 124 valence electrons. The summed E-state index contributed by atoms with van der Waals surface area (Å²) in [5.74, 6) is 1.90. The zero-order chi connectivity index (χ0) is 16.1. The molecular formula is C17H23N3O2S. The van der Waals surface area contributed by atoms with Gasteiger partial charge in [0.15, 0.2) is 0 Å². The van der Waals surface area contributed by atoms with E-state index in [1.807, 2.05) is 28.8 Å². The molecule has 0 atom stereocenters. The predicted molar refractivity (Wildman–Crippen MR) is 90.1 cm³/mol. The van der Waals surface area contributed by atoms with Crippen molar-refractivity contribution in [1.29, 1.82) is 0 Å². The molecule has 1 saturated carbocycles. The third-order valence-corrected chi connectivity index (χ3v) is 5.15. The van der Waals surface area contributed by atoms with E-state index in [0.29, 0.717) is 30.5 Å². The third kappa shape index (κ3) is 4.41. The van der Waals surface area contributed by atoms with Gasteiger partial charge in [0.05, 0.1) is 0 Å². The van der Waals surface area contributed by atoms with Gasteiger partial charge in [-0.1, -0.05) is 19.3 Å². The van der Waals surface area contributed by atoms with Crippen LogP contribution in [0.3, 0.4) is 0 Å². The first kappa shape index (κ1) is 16.2. The lowest BCUT2D eigenvalue weighted by Crippen LogP contribution is -2.32. The number of carbonyl (C=O) groups is 1. The van der Waals surface area contributed by atoms with Crippen LogP contribution in [0.2, 0.25) is 0 Å². The molecule has 1 aliphatic carbocycles. The number of amides is 1. The summed E-state index contributed by atoms with van der Waals surface area (Å²) in [4.78, 5) is 14.1. The molecule has 0 bridgehead atoms. The molecule has 0 saturated heterocycles. The van der Waals surface area contributed by atoms with E-state index in [9.17, 15) is 4.79 Å². The highest BCUT2D eigenvalue weighted by atomic mass is 32.1. The molecule has 0 unspecified atom stereocenters. The molecule has 23 heavy (non-hydrogen) atoms. The Morgan fingerprint density at radius 1 is 1.35 bits per heavy atom. The fraction of sp³-hybridized carbons (Fsp3) is 0.588. The minimum atomic E-state index is 0.158. The lowest BCUT2D eigenvalue weighted by atomic mass is 9.89. The van der Waals surface area contributed by atoms with Gasteiger partial charge in [-0.2, -0.15) is 11.3 Å². The molecule has 2 aromatic rings. The highest BCUT2D eigenvalue weighted by Crippen LogP contribution is 2.24. The Bertz CT molecular complexity index is 618. The molecule has 1 aliphatic rings. The van der Waals surface area contributed by atoms with Crippen molar-refractivity contribution in [1.82, 2.24) is 15.1 Å². The predicted octanol–water partition coefficient (Wildman–Crippen LogP) is 3.77. The van der Waals surface area contributed by atoms with E-state index >= 15 is 0 Å².